The normalized spacial score (nSPS) is 13.6. The van der Waals surface area contributed by atoms with Crippen LogP contribution in [0.5, 0.6) is 0 Å². The number of nitrogens with one attached hydrogen (secondary N) is 2. The van der Waals surface area contributed by atoms with E-state index in [1.165, 1.54) is 7.11 Å². The van der Waals surface area contributed by atoms with Gasteiger partial charge in [0.25, 0.3) is 0 Å². The van der Waals surface area contributed by atoms with Crippen LogP contribution in [0, 0.1) is 0 Å². The maximum absolute atomic E-state index is 11.8. The molecule has 0 aliphatic carbocycles. The highest BCUT2D eigenvalue weighted by molar-refractivity contribution is 7.80. The first-order chi connectivity index (χ1) is 12.6. The van der Waals surface area contributed by atoms with Crippen LogP contribution in [0.2, 0.25) is 0 Å². The Morgan fingerprint density at radius 3 is 2.62 bits per heavy atom. The van der Waals surface area contributed by atoms with E-state index in [9.17, 15) is 9.59 Å². The molecule has 0 saturated carbocycles. The zero-order chi connectivity index (χ0) is 18.8. The van der Waals surface area contributed by atoms with Crippen LogP contribution in [0.25, 0.3) is 0 Å². The highest BCUT2D eigenvalue weighted by Crippen LogP contribution is 2.21. The fraction of sp³-hybridized carbons (Fsp3) is 0.526. The monoisotopic (exact) mass is 377 g/mol. The minimum absolute atomic E-state index is 0.157. The van der Waals surface area contributed by atoms with Crippen molar-refractivity contribution in [2.24, 2.45) is 0 Å². The Bertz CT molecular complexity index is 619. The van der Waals surface area contributed by atoms with Crippen molar-refractivity contribution < 1.29 is 14.3 Å². The van der Waals surface area contributed by atoms with Crippen molar-refractivity contribution in [2.75, 3.05) is 25.1 Å². The van der Waals surface area contributed by atoms with Gasteiger partial charge in [0, 0.05) is 38.2 Å². The number of unbranched alkanes of at least 4 members (excludes halogenated alkanes) is 2. The zero-order valence-electron chi connectivity index (χ0n) is 15.3. The number of hydrogen-bond acceptors (Lipinski definition) is 4. The van der Waals surface area contributed by atoms with Gasteiger partial charge in [0.05, 0.1) is 7.11 Å². The largest absolute Gasteiger partial charge is 0.469 e. The summed E-state index contributed by atoms with van der Waals surface area (Å²) >= 11 is 5.27. The number of amides is 1. The molecule has 1 aromatic carbocycles. The van der Waals surface area contributed by atoms with Gasteiger partial charge in [-0.25, -0.2) is 0 Å². The van der Waals surface area contributed by atoms with E-state index >= 15 is 0 Å². The highest BCUT2D eigenvalue weighted by Gasteiger charge is 2.21. The summed E-state index contributed by atoms with van der Waals surface area (Å²) in [5.41, 5.74) is 2.08. The molecule has 1 fully saturated rings. The van der Waals surface area contributed by atoms with E-state index in [-0.39, 0.29) is 11.9 Å². The summed E-state index contributed by atoms with van der Waals surface area (Å²) in [5.74, 6) is 0.0445. The molecule has 1 heterocycles. The second-order valence-corrected chi connectivity index (χ2v) is 6.72. The summed E-state index contributed by atoms with van der Waals surface area (Å²) < 4.78 is 4.61. The van der Waals surface area contributed by atoms with Crippen LogP contribution in [0.4, 0.5) is 5.69 Å². The Morgan fingerprint density at radius 2 is 1.96 bits per heavy atom. The van der Waals surface area contributed by atoms with Gasteiger partial charge < -0.3 is 20.3 Å². The Balaban J connectivity index is 1.60. The molecular weight excluding hydrogens is 350 g/mol. The number of ether oxygens (including phenoxy) is 1. The molecule has 1 aliphatic rings. The number of rotatable bonds is 9. The number of methoxy groups -OCH3 is 1. The molecule has 0 bridgehead atoms. The van der Waals surface area contributed by atoms with Crippen LogP contribution in [0.1, 0.15) is 44.1 Å². The molecule has 26 heavy (non-hydrogen) atoms. The second-order valence-electron chi connectivity index (χ2n) is 6.31. The molecule has 6 nitrogen and oxygen atoms in total. The van der Waals surface area contributed by atoms with E-state index < -0.39 is 0 Å². The maximum atomic E-state index is 11.8. The number of thiocarbonyl (C=S) groups is 1. The Labute approximate surface area is 160 Å². The molecule has 142 valence electrons. The average molecular weight is 378 g/mol. The lowest BCUT2D eigenvalue weighted by Gasteiger charge is -2.16. The van der Waals surface area contributed by atoms with Crippen LogP contribution in [0.3, 0.4) is 0 Å². The summed E-state index contributed by atoms with van der Waals surface area (Å²) in [6, 6.07) is 8.00. The maximum Gasteiger partial charge on any atom is 0.305 e. The van der Waals surface area contributed by atoms with E-state index in [0.717, 1.165) is 50.0 Å². The molecule has 1 saturated heterocycles. The first kappa shape index (κ1) is 20.2. The molecule has 0 radical (unpaired) electrons. The number of benzene rings is 1. The second kappa shape index (κ2) is 10.8. The Hall–Kier alpha value is -2.15. The molecule has 1 aliphatic heterocycles. The van der Waals surface area contributed by atoms with E-state index in [4.69, 9.17) is 12.2 Å². The molecule has 0 unspecified atom stereocenters. The third-order valence-corrected chi connectivity index (χ3v) is 4.63. The molecule has 7 heteroatoms. The van der Waals surface area contributed by atoms with Gasteiger partial charge >= 0.3 is 5.97 Å². The van der Waals surface area contributed by atoms with Gasteiger partial charge in [-0.05, 0) is 49.2 Å². The van der Waals surface area contributed by atoms with Crippen molar-refractivity contribution in [1.82, 2.24) is 10.6 Å². The number of esters is 1. The smallest absolute Gasteiger partial charge is 0.305 e. The molecule has 1 aromatic rings. The summed E-state index contributed by atoms with van der Waals surface area (Å²) in [6.45, 7) is 2.23. The van der Waals surface area contributed by atoms with Crippen molar-refractivity contribution in [3.8, 4) is 0 Å². The van der Waals surface area contributed by atoms with Gasteiger partial charge in [-0.2, -0.15) is 0 Å². The molecule has 0 atom stereocenters. The van der Waals surface area contributed by atoms with E-state index in [0.29, 0.717) is 24.5 Å². The van der Waals surface area contributed by atoms with Crippen LogP contribution in [-0.2, 0) is 20.9 Å². The summed E-state index contributed by atoms with van der Waals surface area (Å²) in [7, 11) is 1.41. The van der Waals surface area contributed by atoms with E-state index in [1.54, 1.807) is 0 Å². The lowest BCUT2D eigenvalue weighted by molar-refractivity contribution is -0.140. The fourth-order valence-corrected chi connectivity index (χ4v) is 3.01. The van der Waals surface area contributed by atoms with Crippen molar-refractivity contribution in [1.29, 1.82) is 0 Å². The first-order valence-corrected chi connectivity index (χ1v) is 9.49. The van der Waals surface area contributed by atoms with Gasteiger partial charge in [0.15, 0.2) is 5.11 Å². The standard InChI is InChI=1S/C19H27N3O3S/c1-25-18(24)7-3-2-4-12-20-19(26)21-14-15-8-10-16(11-9-15)22-13-5-6-17(22)23/h8-11H,2-7,12-14H2,1H3,(H2,20,21,26). The van der Waals surface area contributed by atoms with Gasteiger partial charge in [-0.1, -0.05) is 18.6 Å². The first-order valence-electron chi connectivity index (χ1n) is 9.08. The quantitative estimate of drug-likeness (QED) is 0.391. The number of carbonyl (C=O) groups is 2. The van der Waals surface area contributed by atoms with Gasteiger partial charge in [0.2, 0.25) is 5.91 Å². The van der Waals surface area contributed by atoms with E-state index in [2.05, 4.69) is 15.4 Å². The van der Waals surface area contributed by atoms with Crippen molar-refractivity contribution in [2.45, 2.75) is 45.1 Å². The molecule has 1 amide bonds. The topological polar surface area (TPSA) is 70.7 Å². The third kappa shape index (κ3) is 6.63. The minimum atomic E-state index is -0.157. The van der Waals surface area contributed by atoms with Gasteiger partial charge in [-0.15, -0.1) is 0 Å². The summed E-state index contributed by atoms with van der Waals surface area (Å²) in [5, 5.41) is 6.97. The van der Waals surface area contributed by atoms with Crippen LogP contribution >= 0.6 is 12.2 Å². The predicted octanol–water partition coefficient (Wildman–Crippen LogP) is 2.51. The third-order valence-electron chi connectivity index (χ3n) is 4.35. The molecule has 2 rings (SSSR count). The van der Waals surface area contributed by atoms with Crippen molar-refractivity contribution in [3.63, 3.8) is 0 Å². The number of carbonyl (C=O) groups excluding carboxylic acids is 2. The van der Waals surface area contributed by atoms with Crippen LogP contribution < -0.4 is 15.5 Å². The molecule has 2 N–H and O–H groups in total. The van der Waals surface area contributed by atoms with Gasteiger partial charge in [-0.3, -0.25) is 9.59 Å². The van der Waals surface area contributed by atoms with Crippen molar-refractivity contribution >= 4 is 34.9 Å². The number of hydrogen-bond donors (Lipinski definition) is 2. The average Bonchev–Trinajstić information content (AvgIpc) is 3.09. The summed E-state index contributed by atoms with van der Waals surface area (Å²) in [6.07, 6.45) is 4.80. The fourth-order valence-electron chi connectivity index (χ4n) is 2.83. The van der Waals surface area contributed by atoms with E-state index in [1.807, 2.05) is 29.2 Å². The van der Waals surface area contributed by atoms with Crippen LogP contribution in [0.15, 0.2) is 24.3 Å². The molecule has 0 aromatic heterocycles. The summed E-state index contributed by atoms with van der Waals surface area (Å²) in [4.78, 5) is 24.6. The molecule has 0 spiro atoms. The SMILES string of the molecule is COC(=O)CCCCCNC(=S)NCc1ccc(N2CCCC2=O)cc1. The van der Waals surface area contributed by atoms with Crippen LogP contribution in [-0.4, -0.2) is 37.2 Å². The predicted molar refractivity (Wildman–Crippen MR) is 106 cm³/mol. The van der Waals surface area contributed by atoms with Gasteiger partial charge in [0.1, 0.15) is 0 Å². The van der Waals surface area contributed by atoms with Crippen molar-refractivity contribution in [3.05, 3.63) is 29.8 Å². The lowest BCUT2D eigenvalue weighted by atomic mass is 10.2. The zero-order valence-corrected chi connectivity index (χ0v) is 16.1. The Kier molecular flexibility index (Phi) is 8.34. The number of nitrogens with zero attached hydrogens (tertiary/aromatic N) is 1. The molecular formula is C19H27N3O3S. The lowest BCUT2D eigenvalue weighted by Crippen LogP contribution is -2.35. The highest BCUT2D eigenvalue weighted by atomic mass is 32.1. The Morgan fingerprint density at radius 1 is 1.19 bits per heavy atom. The minimum Gasteiger partial charge on any atom is -0.469 e. The number of anilines is 1.